The summed E-state index contributed by atoms with van der Waals surface area (Å²) in [4.78, 5) is 1.21. The van der Waals surface area contributed by atoms with E-state index < -0.39 is 0 Å². The Balaban J connectivity index is 1.57. The number of aryl methyl sites for hydroxylation is 2. The first-order chi connectivity index (χ1) is 12.1. The maximum absolute atomic E-state index is 9.75. The van der Waals surface area contributed by atoms with E-state index in [0.717, 1.165) is 22.6 Å². The average molecular weight is 350 g/mol. The van der Waals surface area contributed by atoms with Gasteiger partial charge in [0, 0.05) is 10.6 Å². The van der Waals surface area contributed by atoms with Crippen molar-refractivity contribution < 1.29 is 9.84 Å². The molecule has 3 rings (SSSR count). The molecular weight excluding hydrogens is 328 g/mol. The van der Waals surface area contributed by atoms with Crippen molar-refractivity contribution in [3.05, 3.63) is 89.0 Å². The van der Waals surface area contributed by atoms with Crippen LogP contribution in [0.15, 0.2) is 71.6 Å². The molecule has 0 radical (unpaired) electrons. The van der Waals surface area contributed by atoms with E-state index in [0.29, 0.717) is 12.4 Å². The second-order valence-corrected chi connectivity index (χ2v) is 7.13. The topological polar surface area (TPSA) is 29.5 Å². The Hall–Kier alpha value is -2.39. The quantitative estimate of drug-likeness (QED) is 0.563. The Morgan fingerprint density at radius 3 is 2.28 bits per heavy atom. The first-order valence-electron chi connectivity index (χ1n) is 8.30. The number of aromatic hydroxyl groups is 1. The van der Waals surface area contributed by atoms with Crippen LogP contribution in [0.4, 0.5) is 0 Å². The van der Waals surface area contributed by atoms with Crippen LogP contribution in [0.3, 0.4) is 0 Å². The normalized spacial score (nSPS) is 10.6. The van der Waals surface area contributed by atoms with Gasteiger partial charge in [0.25, 0.3) is 0 Å². The van der Waals surface area contributed by atoms with Gasteiger partial charge in [-0.3, -0.25) is 0 Å². The van der Waals surface area contributed by atoms with E-state index in [2.05, 4.69) is 24.3 Å². The predicted molar refractivity (Wildman–Crippen MR) is 104 cm³/mol. The van der Waals surface area contributed by atoms with Crippen LogP contribution in [0.25, 0.3) is 0 Å². The Morgan fingerprint density at radius 1 is 0.840 bits per heavy atom. The summed E-state index contributed by atoms with van der Waals surface area (Å²) in [6, 6.07) is 22.3. The zero-order chi connectivity index (χ0) is 17.6. The molecule has 0 aliphatic rings. The molecule has 0 fully saturated rings. The van der Waals surface area contributed by atoms with Gasteiger partial charge in [0.2, 0.25) is 0 Å². The van der Waals surface area contributed by atoms with Crippen molar-refractivity contribution >= 4 is 11.8 Å². The third kappa shape index (κ3) is 4.80. The largest absolute Gasteiger partial charge is 0.508 e. The minimum absolute atomic E-state index is 0.363. The fourth-order valence-corrected chi connectivity index (χ4v) is 3.58. The van der Waals surface area contributed by atoms with Gasteiger partial charge in [-0.15, -0.1) is 11.8 Å². The van der Waals surface area contributed by atoms with Crippen molar-refractivity contribution in [1.82, 2.24) is 0 Å². The average Bonchev–Trinajstić information content (AvgIpc) is 2.64. The highest BCUT2D eigenvalue weighted by atomic mass is 32.2. The molecule has 3 aromatic rings. The van der Waals surface area contributed by atoms with Gasteiger partial charge in [0.1, 0.15) is 18.1 Å². The van der Waals surface area contributed by atoms with Crippen LogP contribution < -0.4 is 4.74 Å². The minimum Gasteiger partial charge on any atom is -0.508 e. The highest BCUT2D eigenvalue weighted by molar-refractivity contribution is 7.98. The lowest BCUT2D eigenvalue weighted by molar-refractivity contribution is 0.306. The Bertz CT molecular complexity index is 827. The van der Waals surface area contributed by atoms with Crippen LogP contribution in [0, 0.1) is 13.8 Å². The zero-order valence-corrected chi connectivity index (χ0v) is 15.3. The van der Waals surface area contributed by atoms with E-state index in [4.69, 9.17) is 4.74 Å². The smallest absolute Gasteiger partial charge is 0.119 e. The summed E-state index contributed by atoms with van der Waals surface area (Å²) < 4.78 is 5.82. The lowest BCUT2D eigenvalue weighted by Crippen LogP contribution is -1.95. The van der Waals surface area contributed by atoms with Gasteiger partial charge >= 0.3 is 0 Å². The van der Waals surface area contributed by atoms with E-state index in [1.54, 1.807) is 11.8 Å². The van der Waals surface area contributed by atoms with Gasteiger partial charge in [-0.2, -0.15) is 0 Å². The van der Waals surface area contributed by atoms with Crippen molar-refractivity contribution in [1.29, 1.82) is 0 Å². The number of thioether (sulfide) groups is 1. The van der Waals surface area contributed by atoms with Gasteiger partial charge in [-0.1, -0.05) is 42.5 Å². The number of phenols is 1. The molecule has 25 heavy (non-hydrogen) atoms. The lowest BCUT2D eigenvalue weighted by atomic mass is 10.1. The van der Waals surface area contributed by atoms with Gasteiger partial charge < -0.3 is 9.84 Å². The summed E-state index contributed by atoms with van der Waals surface area (Å²) >= 11 is 1.79. The second-order valence-electron chi connectivity index (χ2n) is 6.11. The summed E-state index contributed by atoms with van der Waals surface area (Å²) in [5.74, 6) is 2.14. The number of hydrogen-bond acceptors (Lipinski definition) is 3. The van der Waals surface area contributed by atoms with Crippen LogP contribution in [-0.4, -0.2) is 5.11 Å². The Labute approximate surface area is 153 Å². The monoisotopic (exact) mass is 350 g/mol. The minimum atomic E-state index is 0.363. The van der Waals surface area contributed by atoms with Crippen LogP contribution >= 0.6 is 11.8 Å². The highest BCUT2D eigenvalue weighted by Gasteiger charge is 2.05. The lowest BCUT2D eigenvalue weighted by Gasteiger charge is -2.10. The standard InChI is InChI=1S/C22H22O2S/c1-16-13-22(17(2)12-21(16)23)25-15-19-8-10-20(11-9-19)24-14-18-6-4-3-5-7-18/h3-13,23H,14-15H2,1-2H3. The molecule has 0 aliphatic carbocycles. The maximum Gasteiger partial charge on any atom is 0.119 e. The fraction of sp³-hybridized carbons (Fsp3) is 0.182. The number of phenolic OH excluding ortho intramolecular Hbond substituents is 1. The van der Waals surface area contributed by atoms with Crippen molar-refractivity contribution in [2.45, 2.75) is 31.1 Å². The van der Waals surface area contributed by atoms with Crippen LogP contribution in [-0.2, 0) is 12.4 Å². The highest BCUT2D eigenvalue weighted by Crippen LogP contribution is 2.31. The molecule has 128 valence electrons. The molecule has 3 heteroatoms. The molecule has 3 aromatic carbocycles. The van der Waals surface area contributed by atoms with Crippen LogP contribution in [0.2, 0.25) is 0 Å². The molecule has 0 bridgehead atoms. The van der Waals surface area contributed by atoms with Crippen LogP contribution in [0.1, 0.15) is 22.3 Å². The third-order valence-corrected chi connectivity index (χ3v) is 5.29. The first-order valence-corrected chi connectivity index (χ1v) is 9.29. The van der Waals surface area contributed by atoms with E-state index in [9.17, 15) is 5.11 Å². The number of benzene rings is 3. The van der Waals surface area contributed by atoms with Crippen molar-refractivity contribution in [2.75, 3.05) is 0 Å². The molecule has 1 N–H and O–H groups in total. The predicted octanol–water partition coefficient (Wildman–Crippen LogP) is 5.88. The molecule has 0 aromatic heterocycles. The first kappa shape index (κ1) is 17.4. The number of ether oxygens (including phenoxy) is 1. The van der Waals surface area contributed by atoms with Crippen molar-refractivity contribution in [3.8, 4) is 11.5 Å². The van der Waals surface area contributed by atoms with Gasteiger partial charge in [-0.05, 0) is 60.4 Å². The fourth-order valence-electron chi connectivity index (χ4n) is 2.51. The molecule has 0 amide bonds. The van der Waals surface area contributed by atoms with Crippen molar-refractivity contribution in [3.63, 3.8) is 0 Å². The van der Waals surface area contributed by atoms with Gasteiger partial charge in [0.15, 0.2) is 0 Å². The third-order valence-electron chi connectivity index (χ3n) is 4.06. The van der Waals surface area contributed by atoms with E-state index in [-0.39, 0.29) is 0 Å². The van der Waals surface area contributed by atoms with Crippen molar-refractivity contribution in [2.24, 2.45) is 0 Å². The Morgan fingerprint density at radius 2 is 1.56 bits per heavy atom. The molecule has 0 spiro atoms. The zero-order valence-electron chi connectivity index (χ0n) is 14.5. The molecule has 0 atom stereocenters. The molecule has 0 unspecified atom stereocenters. The second kappa shape index (κ2) is 8.13. The van der Waals surface area contributed by atoms with Gasteiger partial charge in [-0.25, -0.2) is 0 Å². The summed E-state index contributed by atoms with van der Waals surface area (Å²) in [7, 11) is 0. The number of hydrogen-bond donors (Lipinski definition) is 1. The molecule has 2 nitrogen and oxygen atoms in total. The Kier molecular flexibility index (Phi) is 5.67. The van der Waals surface area contributed by atoms with Crippen LogP contribution in [0.5, 0.6) is 11.5 Å². The molecule has 0 saturated heterocycles. The van der Waals surface area contributed by atoms with E-state index in [1.165, 1.54) is 16.0 Å². The maximum atomic E-state index is 9.75. The SMILES string of the molecule is Cc1cc(SCc2ccc(OCc3ccccc3)cc2)c(C)cc1O. The molecule has 0 heterocycles. The van der Waals surface area contributed by atoms with Gasteiger partial charge in [0.05, 0.1) is 0 Å². The summed E-state index contributed by atoms with van der Waals surface area (Å²) in [6.07, 6.45) is 0. The number of rotatable bonds is 6. The summed E-state index contributed by atoms with van der Waals surface area (Å²) in [5.41, 5.74) is 4.44. The summed E-state index contributed by atoms with van der Waals surface area (Å²) in [5, 5.41) is 9.75. The van der Waals surface area contributed by atoms with E-state index >= 15 is 0 Å². The molecular formula is C22H22O2S. The molecule has 0 aliphatic heterocycles. The van der Waals surface area contributed by atoms with E-state index in [1.807, 2.05) is 56.3 Å². The molecule has 0 saturated carbocycles. The summed E-state index contributed by atoms with van der Waals surface area (Å²) in [6.45, 7) is 4.54.